The summed E-state index contributed by atoms with van der Waals surface area (Å²) in [5, 5.41) is 0.626. The molecule has 0 aromatic carbocycles. The topological polar surface area (TPSA) is 39.2 Å². The van der Waals surface area contributed by atoms with E-state index in [4.69, 9.17) is 16.3 Å². The van der Waals surface area contributed by atoms with Crippen LogP contribution < -0.4 is 0 Å². The zero-order chi connectivity index (χ0) is 15.3. The molecule has 2 aliphatic rings. The molecular weight excluding hydrogens is 286 g/mol. The molecule has 1 fully saturated rings. The first-order chi connectivity index (χ1) is 9.80. The number of esters is 1. The van der Waals surface area contributed by atoms with Gasteiger partial charge in [0.05, 0.1) is 16.1 Å². The van der Waals surface area contributed by atoms with Crippen molar-refractivity contribution < 1.29 is 9.53 Å². The Morgan fingerprint density at radius 3 is 2.81 bits per heavy atom. The summed E-state index contributed by atoms with van der Waals surface area (Å²) >= 11 is 5.88. The fourth-order valence-corrected chi connectivity index (χ4v) is 3.18. The second-order valence-electron chi connectivity index (χ2n) is 7.06. The lowest BCUT2D eigenvalue weighted by Crippen LogP contribution is -2.31. The Labute approximate surface area is 130 Å². The van der Waals surface area contributed by atoms with Crippen molar-refractivity contribution in [1.29, 1.82) is 0 Å². The summed E-state index contributed by atoms with van der Waals surface area (Å²) in [4.78, 5) is 16.9. The largest absolute Gasteiger partial charge is 0.460 e. The lowest BCUT2D eigenvalue weighted by Gasteiger charge is -2.27. The van der Waals surface area contributed by atoms with Gasteiger partial charge in [0.15, 0.2) is 0 Å². The zero-order valence-electron chi connectivity index (χ0n) is 12.6. The number of aromatic nitrogens is 1. The van der Waals surface area contributed by atoms with E-state index < -0.39 is 5.60 Å². The molecule has 0 amide bonds. The third-order valence-corrected chi connectivity index (χ3v) is 4.47. The number of fused-ring (bicyclic) bond motifs is 1. The molecule has 0 bridgehead atoms. The quantitative estimate of drug-likeness (QED) is 0.766. The van der Waals surface area contributed by atoms with Crippen LogP contribution in [0.2, 0.25) is 5.02 Å². The van der Waals surface area contributed by atoms with Crippen molar-refractivity contribution in [3.63, 3.8) is 0 Å². The summed E-state index contributed by atoms with van der Waals surface area (Å²) < 4.78 is 5.62. The number of allylic oxidation sites excluding steroid dienone is 2. The van der Waals surface area contributed by atoms with Crippen LogP contribution in [0.5, 0.6) is 0 Å². The number of halogens is 1. The van der Waals surface area contributed by atoms with E-state index in [-0.39, 0.29) is 11.4 Å². The van der Waals surface area contributed by atoms with Gasteiger partial charge in [-0.25, -0.2) is 0 Å². The highest BCUT2D eigenvalue weighted by Gasteiger charge is 2.62. The van der Waals surface area contributed by atoms with Gasteiger partial charge in [-0.2, -0.15) is 0 Å². The number of carbonyl (C=O) groups excluding carboxylic acids is 1. The lowest BCUT2D eigenvalue weighted by atomic mass is 9.86. The van der Waals surface area contributed by atoms with Crippen molar-refractivity contribution in [1.82, 2.24) is 4.98 Å². The van der Waals surface area contributed by atoms with Crippen LogP contribution in [0, 0.1) is 11.3 Å². The number of pyridine rings is 1. The molecule has 2 aliphatic carbocycles. The number of nitrogens with zero attached hydrogens (tertiary/aromatic N) is 1. The van der Waals surface area contributed by atoms with Crippen LogP contribution in [0.15, 0.2) is 24.4 Å². The monoisotopic (exact) mass is 305 g/mol. The minimum Gasteiger partial charge on any atom is -0.460 e. The number of rotatable bonds is 2. The van der Waals surface area contributed by atoms with E-state index in [1.807, 2.05) is 32.9 Å². The Kier molecular flexibility index (Phi) is 3.36. The maximum Gasteiger partial charge on any atom is 0.313 e. The van der Waals surface area contributed by atoms with Crippen LogP contribution in [0.25, 0.3) is 5.57 Å². The molecular formula is C17H20ClNO2. The Balaban J connectivity index is 1.79. The highest BCUT2D eigenvalue weighted by molar-refractivity contribution is 6.30. The molecule has 1 aromatic heterocycles. The summed E-state index contributed by atoms with van der Waals surface area (Å²) in [5.74, 6) is 0.378. The summed E-state index contributed by atoms with van der Waals surface area (Å²) in [6.45, 7) is 5.75. The minimum absolute atomic E-state index is 0.0560. The molecule has 1 saturated carbocycles. The Hall–Kier alpha value is -1.35. The molecule has 1 aromatic rings. The predicted octanol–water partition coefficient (Wildman–Crippen LogP) is 4.26. The molecule has 0 spiro atoms. The Morgan fingerprint density at radius 2 is 2.19 bits per heavy atom. The molecule has 2 atom stereocenters. The van der Waals surface area contributed by atoms with E-state index in [1.165, 1.54) is 0 Å². The molecule has 3 rings (SSSR count). The van der Waals surface area contributed by atoms with Crippen LogP contribution >= 0.6 is 11.6 Å². The highest BCUT2D eigenvalue weighted by atomic mass is 35.5. The molecule has 0 aliphatic heterocycles. The maximum atomic E-state index is 12.5. The standard InChI is InChI=1S/C17H20ClNO2/c1-16(2,3)21-15(20)17-8-11(4-5-12(17)9-17)14-7-6-13(18)10-19-14/h4,6-7,10,12H,5,8-9H2,1-3H3. The average molecular weight is 306 g/mol. The van der Waals surface area contributed by atoms with Gasteiger partial charge >= 0.3 is 5.97 Å². The summed E-state index contributed by atoms with van der Waals surface area (Å²) in [7, 11) is 0. The third kappa shape index (κ3) is 2.84. The molecule has 2 unspecified atom stereocenters. The third-order valence-electron chi connectivity index (χ3n) is 4.25. The van der Waals surface area contributed by atoms with E-state index in [0.29, 0.717) is 10.9 Å². The van der Waals surface area contributed by atoms with Gasteiger partial charge in [0, 0.05) is 6.20 Å². The van der Waals surface area contributed by atoms with Crippen molar-refractivity contribution in [3.8, 4) is 0 Å². The molecule has 0 radical (unpaired) electrons. The first-order valence-electron chi connectivity index (χ1n) is 7.35. The van der Waals surface area contributed by atoms with Crippen LogP contribution in [-0.2, 0) is 9.53 Å². The first kappa shape index (κ1) is 14.6. The van der Waals surface area contributed by atoms with Crippen molar-refractivity contribution >= 4 is 23.1 Å². The zero-order valence-corrected chi connectivity index (χ0v) is 13.4. The fourth-order valence-electron chi connectivity index (χ4n) is 3.07. The van der Waals surface area contributed by atoms with Crippen molar-refractivity contribution in [2.75, 3.05) is 0 Å². The van der Waals surface area contributed by atoms with Crippen LogP contribution in [0.3, 0.4) is 0 Å². The van der Waals surface area contributed by atoms with Gasteiger partial charge in [-0.3, -0.25) is 9.78 Å². The van der Waals surface area contributed by atoms with Crippen LogP contribution in [-0.4, -0.2) is 16.6 Å². The van der Waals surface area contributed by atoms with Crippen molar-refractivity contribution in [2.45, 2.75) is 45.6 Å². The van der Waals surface area contributed by atoms with Gasteiger partial charge < -0.3 is 4.74 Å². The van der Waals surface area contributed by atoms with Crippen LogP contribution in [0.4, 0.5) is 0 Å². The Morgan fingerprint density at radius 1 is 1.43 bits per heavy atom. The van der Waals surface area contributed by atoms with E-state index in [9.17, 15) is 4.79 Å². The normalized spacial score (nSPS) is 27.6. The summed E-state index contributed by atoms with van der Waals surface area (Å²) in [6, 6.07) is 3.75. The van der Waals surface area contributed by atoms with Gasteiger partial charge in [-0.05, 0) is 63.7 Å². The molecule has 21 heavy (non-hydrogen) atoms. The molecule has 112 valence electrons. The number of hydrogen-bond acceptors (Lipinski definition) is 3. The van der Waals surface area contributed by atoms with E-state index in [1.54, 1.807) is 6.20 Å². The second-order valence-corrected chi connectivity index (χ2v) is 7.50. The minimum atomic E-state index is -0.432. The van der Waals surface area contributed by atoms with E-state index >= 15 is 0 Å². The van der Waals surface area contributed by atoms with Gasteiger partial charge in [0.25, 0.3) is 0 Å². The highest BCUT2D eigenvalue weighted by Crippen LogP contribution is 2.63. The second kappa shape index (κ2) is 4.84. The molecule has 0 N–H and O–H groups in total. The van der Waals surface area contributed by atoms with Gasteiger partial charge in [-0.15, -0.1) is 0 Å². The Bertz CT molecular complexity index is 600. The average Bonchev–Trinajstić information content (AvgIpc) is 3.12. The van der Waals surface area contributed by atoms with Gasteiger partial charge in [-0.1, -0.05) is 17.7 Å². The lowest BCUT2D eigenvalue weighted by molar-refractivity contribution is -0.162. The first-order valence-corrected chi connectivity index (χ1v) is 7.72. The fraction of sp³-hybridized carbons (Fsp3) is 0.529. The summed E-state index contributed by atoms with van der Waals surface area (Å²) in [6.07, 6.45) is 6.43. The maximum absolute atomic E-state index is 12.5. The molecule has 1 heterocycles. The number of ether oxygens (including phenoxy) is 1. The van der Waals surface area contributed by atoms with E-state index in [0.717, 1.165) is 30.5 Å². The smallest absolute Gasteiger partial charge is 0.313 e. The SMILES string of the molecule is CC(C)(C)OC(=O)C12CC(c3ccc(Cl)cn3)=CCC1C2. The predicted molar refractivity (Wildman–Crippen MR) is 82.8 cm³/mol. The van der Waals surface area contributed by atoms with Gasteiger partial charge in [0.1, 0.15) is 5.60 Å². The van der Waals surface area contributed by atoms with Crippen LogP contribution in [0.1, 0.15) is 45.7 Å². The van der Waals surface area contributed by atoms with Crippen molar-refractivity contribution in [2.24, 2.45) is 11.3 Å². The summed E-state index contributed by atoms with van der Waals surface area (Å²) in [5.41, 5.74) is 1.29. The van der Waals surface area contributed by atoms with E-state index in [2.05, 4.69) is 11.1 Å². The molecule has 4 heteroatoms. The van der Waals surface area contributed by atoms with Crippen molar-refractivity contribution in [3.05, 3.63) is 35.1 Å². The number of carbonyl (C=O) groups is 1. The van der Waals surface area contributed by atoms with Gasteiger partial charge in [0.2, 0.25) is 0 Å². The molecule has 3 nitrogen and oxygen atoms in total. The number of hydrogen-bond donors (Lipinski definition) is 0. The molecule has 0 saturated heterocycles.